The Hall–Kier alpha value is -0.900. The van der Waals surface area contributed by atoms with E-state index in [9.17, 15) is 5.11 Å². The maximum atomic E-state index is 9.20. The van der Waals surface area contributed by atoms with E-state index in [2.05, 4.69) is 0 Å². The van der Waals surface area contributed by atoms with Crippen molar-refractivity contribution in [3.05, 3.63) is 35.9 Å². The van der Waals surface area contributed by atoms with Crippen LogP contribution in [0, 0.1) is 0 Å². The van der Waals surface area contributed by atoms with E-state index in [0.717, 1.165) is 5.56 Å². The number of rotatable bonds is 5. The maximum Gasteiger partial charge on any atom is 0.0895 e. The van der Waals surface area contributed by atoms with E-state index in [1.165, 1.54) is 0 Å². The summed E-state index contributed by atoms with van der Waals surface area (Å²) in [6.45, 7) is 2.48. The molecule has 0 fully saturated rings. The minimum absolute atomic E-state index is 0.00241. The minimum atomic E-state index is -0.568. The number of ether oxygens (including phenoxy) is 1. The zero-order chi connectivity index (χ0) is 10.4. The van der Waals surface area contributed by atoms with Gasteiger partial charge in [0, 0.05) is 6.54 Å². The summed E-state index contributed by atoms with van der Waals surface area (Å²) < 4.78 is 5.45. The molecule has 0 aliphatic rings. The van der Waals surface area contributed by atoms with Gasteiger partial charge >= 0.3 is 0 Å². The zero-order valence-electron chi connectivity index (χ0n) is 8.39. The Labute approximate surface area is 84.5 Å². The van der Waals surface area contributed by atoms with E-state index < -0.39 is 6.10 Å². The SMILES string of the molecule is C[C@@H](OC[C@@H](O)CN)c1ccccc1. The predicted molar refractivity (Wildman–Crippen MR) is 55.9 cm³/mol. The summed E-state index contributed by atoms with van der Waals surface area (Å²) in [4.78, 5) is 0. The van der Waals surface area contributed by atoms with Gasteiger partial charge in [-0.2, -0.15) is 0 Å². The van der Waals surface area contributed by atoms with Crippen LogP contribution in [0.3, 0.4) is 0 Å². The molecule has 0 radical (unpaired) electrons. The van der Waals surface area contributed by atoms with Crippen LogP contribution in [0.1, 0.15) is 18.6 Å². The lowest BCUT2D eigenvalue weighted by atomic mass is 10.1. The Morgan fingerprint density at radius 2 is 2.00 bits per heavy atom. The molecule has 0 aliphatic carbocycles. The van der Waals surface area contributed by atoms with Crippen LogP contribution in [-0.4, -0.2) is 24.4 Å². The van der Waals surface area contributed by atoms with Crippen molar-refractivity contribution in [2.24, 2.45) is 5.73 Å². The second kappa shape index (κ2) is 5.75. The average Bonchev–Trinajstić information content (AvgIpc) is 2.26. The monoisotopic (exact) mass is 195 g/mol. The van der Waals surface area contributed by atoms with Crippen LogP contribution in [0.25, 0.3) is 0 Å². The van der Waals surface area contributed by atoms with Crippen molar-refractivity contribution in [3.63, 3.8) is 0 Å². The molecule has 0 amide bonds. The fourth-order valence-electron chi connectivity index (χ4n) is 1.14. The molecule has 0 heterocycles. The molecule has 1 aromatic carbocycles. The zero-order valence-corrected chi connectivity index (χ0v) is 8.39. The Bertz CT molecular complexity index is 251. The molecule has 14 heavy (non-hydrogen) atoms. The summed E-state index contributed by atoms with van der Waals surface area (Å²) in [5, 5.41) is 9.20. The first kappa shape index (κ1) is 11.2. The number of hydrogen-bond donors (Lipinski definition) is 2. The first-order valence-electron chi connectivity index (χ1n) is 4.78. The Kier molecular flexibility index (Phi) is 4.59. The third-order valence-corrected chi connectivity index (χ3v) is 2.08. The maximum absolute atomic E-state index is 9.20. The molecule has 3 nitrogen and oxygen atoms in total. The molecule has 1 rings (SSSR count). The Morgan fingerprint density at radius 3 is 2.57 bits per heavy atom. The molecule has 2 atom stereocenters. The highest BCUT2D eigenvalue weighted by atomic mass is 16.5. The number of nitrogens with two attached hydrogens (primary N) is 1. The average molecular weight is 195 g/mol. The van der Waals surface area contributed by atoms with Crippen LogP contribution < -0.4 is 5.73 Å². The fourth-order valence-corrected chi connectivity index (χ4v) is 1.14. The van der Waals surface area contributed by atoms with Crippen LogP contribution in [-0.2, 0) is 4.74 Å². The van der Waals surface area contributed by atoms with Gasteiger partial charge in [0.05, 0.1) is 18.8 Å². The number of hydrogen-bond acceptors (Lipinski definition) is 3. The topological polar surface area (TPSA) is 55.5 Å². The summed E-state index contributed by atoms with van der Waals surface area (Å²) in [7, 11) is 0. The molecule has 3 heteroatoms. The lowest BCUT2D eigenvalue weighted by Crippen LogP contribution is -2.25. The van der Waals surface area contributed by atoms with Crippen LogP contribution in [0.5, 0.6) is 0 Å². The molecule has 0 spiro atoms. The van der Waals surface area contributed by atoms with Crippen LogP contribution >= 0.6 is 0 Å². The third-order valence-electron chi connectivity index (χ3n) is 2.08. The van der Waals surface area contributed by atoms with E-state index in [0.29, 0.717) is 0 Å². The number of aliphatic hydroxyl groups excluding tert-OH is 1. The van der Waals surface area contributed by atoms with E-state index in [1.54, 1.807) is 0 Å². The van der Waals surface area contributed by atoms with E-state index in [4.69, 9.17) is 10.5 Å². The van der Waals surface area contributed by atoms with Crippen molar-refractivity contribution in [1.82, 2.24) is 0 Å². The highest BCUT2D eigenvalue weighted by Crippen LogP contribution is 2.15. The van der Waals surface area contributed by atoms with Gasteiger partial charge in [-0.05, 0) is 12.5 Å². The molecule has 1 aromatic rings. The van der Waals surface area contributed by atoms with Gasteiger partial charge < -0.3 is 15.6 Å². The lowest BCUT2D eigenvalue weighted by molar-refractivity contribution is 0.000973. The number of benzene rings is 1. The first-order valence-corrected chi connectivity index (χ1v) is 4.78. The summed E-state index contributed by atoms with van der Waals surface area (Å²) in [6.07, 6.45) is -0.571. The normalized spacial score (nSPS) is 15.1. The summed E-state index contributed by atoms with van der Waals surface area (Å²) >= 11 is 0. The highest BCUT2D eigenvalue weighted by molar-refractivity contribution is 5.16. The van der Waals surface area contributed by atoms with Gasteiger partial charge in [-0.1, -0.05) is 30.3 Å². The smallest absolute Gasteiger partial charge is 0.0895 e. The van der Waals surface area contributed by atoms with E-state index >= 15 is 0 Å². The van der Waals surface area contributed by atoms with Crippen molar-refractivity contribution in [2.75, 3.05) is 13.2 Å². The molecular weight excluding hydrogens is 178 g/mol. The summed E-state index contributed by atoms with van der Waals surface area (Å²) in [5.74, 6) is 0. The largest absolute Gasteiger partial charge is 0.389 e. The van der Waals surface area contributed by atoms with Crippen molar-refractivity contribution >= 4 is 0 Å². The highest BCUT2D eigenvalue weighted by Gasteiger charge is 2.07. The third kappa shape index (κ3) is 3.46. The second-order valence-electron chi connectivity index (χ2n) is 3.28. The molecule has 0 aliphatic heterocycles. The molecule has 0 aromatic heterocycles. The van der Waals surface area contributed by atoms with Gasteiger partial charge in [-0.25, -0.2) is 0 Å². The van der Waals surface area contributed by atoms with Gasteiger partial charge in [0.1, 0.15) is 0 Å². The Balaban J connectivity index is 2.39. The van der Waals surface area contributed by atoms with Crippen LogP contribution in [0.4, 0.5) is 0 Å². The quantitative estimate of drug-likeness (QED) is 0.739. The molecule has 3 N–H and O–H groups in total. The molecular formula is C11H17NO2. The predicted octanol–water partition coefficient (Wildman–Crippen LogP) is 1.08. The van der Waals surface area contributed by atoms with Crippen molar-refractivity contribution in [2.45, 2.75) is 19.1 Å². The second-order valence-corrected chi connectivity index (χ2v) is 3.28. The van der Waals surface area contributed by atoms with Gasteiger partial charge in [0.25, 0.3) is 0 Å². The van der Waals surface area contributed by atoms with Gasteiger partial charge in [0.2, 0.25) is 0 Å². The molecule has 0 bridgehead atoms. The fraction of sp³-hybridized carbons (Fsp3) is 0.455. The van der Waals surface area contributed by atoms with Crippen LogP contribution in [0.2, 0.25) is 0 Å². The van der Waals surface area contributed by atoms with E-state index in [1.807, 2.05) is 37.3 Å². The molecule has 0 unspecified atom stereocenters. The van der Waals surface area contributed by atoms with Gasteiger partial charge in [-0.15, -0.1) is 0 Å². The number of aliphatic hydroxyl groups is 1. The molecule has 0 saturated heterocycles. The first-order chi connectivity index (χ1) is 6.74. The van der Waals surface area contributed by atoms with Crippen molar-refractivity contribution < 1.29 is 9.84 Å². The summed E-state index contributed by atoms with van der Waals surface area (Å²) in [6, 6.07) is 9.90. The molecule has 0 saturated carbocycles. The van der Waals surface area contributed by atoms with Gasteiger partial charge in [0.15, 0.2) is 0 Å². The minimum Gasteiger partial charge on any atom is -0.389 e. The summed E-state index contributed by atoms with van der Waals surface area (Å²) in [5.41, 5.74) is 6.38. The van der Waals surface area contributed by atoms with Crippen molar-refractivity contribution in [1.29, 1.82) is 0 Å². The van der Waals surface area contributed by atoms with E-state index in [-0.39, 0.29) is 19.3 Å². The van der Waals surface area contributed by atoms with Crippen LogP contribution in [0.15, 0.2) is 30.3 Å². The Morgan fingerprint density at radius 1 is 1.36 bits per heavy atom. The molecule has 78 valence electrons. The standard InChI is InChI=1S/C11H17NO2/c1-9(14-8-11(13)7-12)10-5-3-2-4-6-10/h2-6,9,11,13H,7-8,12H2,1H3/t9-,11+/m1/s1. The van der Waals surface area contributed by atoms with Crippen molar-refractivity contribution in [3.8, 4) is 0 Å². The lowest BCUT2D eigenvalue weighted by Gasteiger charge is -2.15. The van der Waals surface area contributed by atoms with Gasteiger partial charge in [-0.3, -0.25) is 0 Å².